The van der Waals surface area contributed by atoms with Gasteiger partial charge in [0, 0.05) is 38.0 Å². The second-order valence-electron chi connectivity index (χ2n) is 4.45. The van der Waals surface area contributed by atoms with E-state index < -0.39 is 0 Å². The molecule has 2 rings (SSSR count). The van der Waals surface area contributed by atoms with Crippen LogP contribution in [-0.2, 0) is 11.8 Å². The number of hydrogen-bond donors (Lipinski definition) is 1. The number of rotatable bonds is 5. The molecule has 0 aliphatic carbocycles. The quantitative estimate of drug-likeness (QED) is 0.825. The molecule has 4 heteroatoms. The zero-order valence-electron chi connectivity index (χ0n) is 10.1. The molecule has 1 aromatic rings. The van der Waals surface area contributed by atoms with Gasteiger partial charge in [-0.3, -0.25) is 4.68 Å². The van der Waals surface area contributed by atoms with Crippen LogP contribution >= 0.6 is 0 Å². The minimum atomic E-state index is 0.401. The van der Waals surface area contributed by atoms with Crippen molar-refractivity contribution in [2.45, 2.75) is 38.3 Å². The highest BCUT2D eigenvalue weighted by Gasteiger charge is 2.17. The Bertz CT molecular complexity index is 318. The highest BCUT2D eigenvalue weighted by molar-refractivity contribution is 5.09. The lowest BCUT2D eigenvalue weighted by atomic mass is 10.1. The Morgan fingerprint density at radius 3 is 3.12 bits per heavy atom. The second-order valence-corrected chi connectivity index (χ2v) is 4.45. The summed E-state index contributed by atoms with van der Waals surface area (Å²) in [5.41, 5.74) is 1.27. The summed E-state index contributed by atoms with van der Waals surface area (Å²) >= 11 is 0. The van der Waals surface area contributed by atoms with Gasteiger partial charge in [-0.15, -0.1) is 0 Å². The normalized spacial score (nSPS) is 22.5. The van der Waals surface area contributed by atoms with Gasteiger partial charge in [-0.2, -0.15) is 5.10 Å². The van der Waals surface area contributed by atoms with Crippen LogP contribution in [0.1, 0.15) is 37.8 Å². The van der Waals surface area contributed by atoms with Crippen molar-refractivity contribution < 1.29 is 4.74 Å². The summed E-state index contributed by atoms with van der Waals surface area (Å²) in [6, 6.07) is 0.401. The Balaban J connectivity index is 1.85. The van der Waals surface area contributed by atoms with Gasteiger partial charge in [0.1, 0.15) is 0 Å². The van der Waals surface area contributed by atoms with Crippen LogP contribution in [0.5, 0.6) is 0 Å². The van der Waals surface area contributed by atoms with Crippen molar-refractivity contribution in [1.29, 1.82) is 0 Å². The molecule has 1 N–H and O–H groups in total. The average molecular weight is 223 g/mol. The Hall–Kier alpha value is -0.870. The molecule has 0 spiro atoms. The van der Waals surface area contributed by atoms with E-state index in [0.29, 0.717) is 12.1 Å². The van der Waals surface area contributed by atoms with Crippen LogP contribution in [0.15, 0.2) is 12.4 Å². The fourth-order valence-electron chi connectivity index (χ4n) is 2.20. The van der Waals surface area contributed by atoms with Gasteiger partial charge < -0.3 is 10.1 Å². The molecule has 0 bridgehead atoms. The Labute approximate surface area is 97.0 Å². The van der Waals surface area contributed by atoms with E-state index in [1.807, 2.05) is 17.9 Å². The monoisotopic (exact) mass is 223 g/mol. The molecule has 0 aromatic carbocycles. The summed E-state index contributed by atoms with van der Waals surface area (Å²) in [4.78, 5) is 0. The third kappa shape index (κ3) is 2.83. The van der Waals surface area contributed by atoms with Crippen LogP contribution in [0.3, 0.4) is 0 Å². The summed E-state index contributed by atoms with van der Waals surface area (Å²) in [5.74, 6) is 0. The van der Waals surface area contributed by atoms with Gasteiger partial charge in [-0.25, -0.2) is 0 Å². The van der Waals surface area contributed by atoms with Gasteiger partial charge in [0.2, 0.25) is 0 Å². The standard InChI is InChI=1S/C12H21N3O/c1-3-12(10-7-14-15(2)9-10)13-8-11-5-4-6-16-11/h7,9,11-13H,3-6,8H2,1-2H3. The number of nitrogens with one attached hydrogen (secondary N) is 1. The maximum Gasteiger partial charge on any atom is 0.0700 e. The van der Waals surface area contributed by atoms with Crippen LogP contribution in [0, 0.1) is 0 Å². The maximum atomic E-state index is 5.61. The lowest BCUT2D eigenvalue weighted by Gasteiger charge is -2.18. The molecule has 0 amide bonds. The van der Waals surface area contributed by atoms with Crippen molar-refractivity contribution in [3.05, 3.63) is 18.0 Å². The molecule has 1 fully saturated rings. The van der Waals surface area contributed by atoms with Crippen molar-refractivity contribution in [2.75, 3.05) is 13.2 Å². The van der Waals surface area contributed by atoms with E-state index in [2.05, 4.69) is 23.5 Å². The first-order chi connectivity index (χ1) is 7.79. The summed E-state index contributed by atoms with van der Waals surface area (Å²) in [7, 11) is 1.95. The largest absolute Gasteiger partial charge is 0.377 e. The van der Waals surface area contributed by atoms with E-state index in [1.54, 1.807) is 0 Å². The Morgan fingerprint density at radius 2 is 2.56 bits per heavy atom. The molecule has 2 heterocycles. The molecule has 90 valence electrons. The molecule has 16 heavy (non-hydrogen) atoms. The van der Waals surface area contributed by atoms with E-state index >= 15 is 0 Å². The minimum absolute atomic E-state index is 0.401. The SMILES string of the molecule is CCC(NCC1CCCO1)c1cnn(C)c1. The molecule has 4 nitrogen and oxygen atoms in total. The number of aryl methyl sites for hydroxylation is 1. The second kappa shape index (κ2) is 5.46. The van der Waals surface area contributed by atoms with Crippen molar-refractivity contribution >= 4 is 0 Å². The van der Waals surface area contributed by atoms with Crippen molar-refractivity contribution in [3.8, 4) is 0 Å². The fourth-order valence-corrected chi connectivity index (χ4v) is 2.20. The third-order valence-corrected chi connectivity index (χ3v) is 3.15. The maximum absolute atomic E-state index is 5.61. The molecule has 1 saturated heterocycles. The molecular weight excluding hydrogens is 202 g/mol. The molecule has 1 aliphatic heterocycles. The van der Waals surface area contributed by atoms with Gasteiger partial charge in [0.25, 0.3) is 0 Å². The van der Waals surface area contributed by atoms with E-state index in [0.717, 1.165) is 19.6 Å². The number of aromatic nitrogens is 2. The van der Waals surface area contributed by atoms with E-state index in [9.17, 15) is 0 Å². The summed E-state index contributed by atoms with van der Waals surface area (Å²) in [6.45, 7) is 4.07. The molecule has 0 radical (unpaired) electrons. The van der Waals surface area contributed by atoms with E-state index in [4.69, 9.17) is 4.74 Å². The molecule has 0 saturated carbocycles. The summed E-state index contributed by atoms with van der Waals surface area (Å²) in [5, 5.41) is 7.77. The first-order valence-electron chi connectivity index (χ1n) is 6.13. The van der Waals surface area contributed by atoms with Crippen LogP contribution in [0.2, 0.25) is 0 Å². The van der Waals surface area contributed by atoms with Gasteiger partial charge in [0.15, 0.2) is 0 Å². The third-order valence-electron chi connectivity index (χ3n) is 3.15. The topological polar surface area (TPSA) is 39.1 Å². The number of ether oxygens (including phenoxy) is 1. The smallest absolute Gasteiger partial charge is 0.0700 e. The molecule has 2 atom stereocenters. The minimum Gasteiger partial charge on any atom is -0.377 e. The zero-order valence-corrected chi connectivity index (χ0v) is 10.1. The molecule has 2 unspecified atom stereocenters. The average Bonchev–Trinajstić information content (AvgIpc) is 2.91. The van der Waals surface area contributed by atoms with Crippen molar-refractivity contribution in [2.24, 2.45) is 7.05 Å². The predicted octanol–water partition coefficient (Wildman–Crippen LogP) is 1.64. The van der Waals surface area contributed by atoms with Crippen molar-refractivity contribution in [1.82, 2.24) is 15.1 Å². The van der Waals surface area contributed by atoms with Crippen molar-refractivity contribution in [3.63, 3.8) is 0 Å². The van der Waals surface area contributed by atoms with Crippen LogP contribution < -0.4 is 5.32 Å². The molecule has 1 aliphatic rings. The highest BCUT2D eigenvalue weighted by atomic mass is 16.5. The van der Waals surface area contributed by atoms with Crippen LogP contribution in [0.25, 0.3) is 0 Å². The fraction of sp³-hybridized carbons (Fsp3) is 0.750. The predicted molar refractivity (Wildman–Crippen MR) is 63.2 cm³/mol. The summed E-state index contributed by atoms with van der Waals surface area (Å²) < 4.78 is 7.46. The lowest BCUT2D eigenvalue weighted by Crippen LogP contribution is -2.29. The molecular formula is C12H21N3O. The number of hydrogen-bond acceptors (Lipinski definition) is 3. The van der Waals surface area contributed by atoms with Gasteiger partial charge in [-0.1, -0.05) is 6.92 Å². The van der Waals surface area contributed by atoms with Gasteiger partial charge in [0.05, 0.1) is 12.3 Å². The lowest BCUT2D eigenvalue weighted by molar-refractivity contribution is 0.107. The first-order valence-corrected chi connectivity index (χ1v) is 6.13. The zero-order chi connectivity index (χ0) is 11.4. The first kappa shape index (κ1) is 11.6. The number of nitrogens with zero attached hydrogens (tertiary/aromatic N) is 2. The Morgan fingerprint density at radius 1 is 1.69 bits per heavy atom. The van der Waals surface area contributed by atoms with Gasteiger partial charge >= 0.3 is 0 Å². The Kier molecular flexibility index (Phi) is 3.96. The van der Waals surface area contributed by atoms with E-state index in [-0.39, 0.29) is 0 Å². The highest BCUT2D eigenvalue weighted by Crippen LogP contribution is 2.17. The molecule has 1 aromatic heterocycles. The van der Waals surface area contributed by atoms with Crippen LogP contribution in [-0.4, -0.2) is 29.0 Å². The van der Waals surface area contributed by atoms with Crippen LogP contribution in [0.4, 0.5) is 0 Å². The van der Waals surface area contributed by atoms with Gasteiger partial charge in [-0.05, 0) is 19.3 Å². The van der Waals surface area contributed by atoms with E-state index in [1.165, 1.54) is 18.4 Å². The summed E-state index contributed by atoms with van der Waals surface area (Å²) in [6.07, 6.45) is 7.91.